The smallest absolute Gasteiger partial charge is 0.235 e. The fourth-order valence-electron chi connectivity index (χ4n) is 23.4. The Morgan fingerprint density at radius 2 is 0.620 bits per heavy atom. The minimum atomic E-state index is 0.558. The lowest BCUT2D eigenvalue weighted by Gasteiger charge is -2.15. The fourth-order valence-corrected chi connectivity index (χ4v) is 24.6. The molecule has 0 radical (unpaired) electrons. The lowest BCUT2D eigenvalue weighted by Crippen LogP contribution is -2.04. The topological polar surface area (TPSA) is 89.3 Å². The number of furan rings is 1. The van der Waals surface area contributed by atoms with E-state index in [1.807, 2.05) is 11.3 Å². The molecule has 11 heteroatoms. The highest BCUT2D eigenvalue weighted by Gasteiger charge is 2.31. The first-order valence-corrected chi connectivity index (χ1v) is 47.5. The van der Waals surface area contributed by atoms with Gasteiger partial charge in [0.15, 0.2) is 0 Å². The average molecular weight is 1760 g/mol. The summed E-state index contributed by atoms with van der Waals surface area (Å²) < 4.78 is 22.0. The van der Waals surface area contributed by atoms with Gasteiger partial charge in [-0.15, -0.1) is 11.3 Å². The van der Waals surface area contributed by atoms with E-state index < -0.39 is 0 Å². The molecule has 0 spiro atoms. The summed E-state index contributed by atoms with van der Waals surface area (Å²) in [5.74, 6) is 1.12. The first-order chi connectivity index (χ1) is 67.9. The molecule has 0 aliphatic carbocycles. The van der Waals surface area contributed by atoms with Crippen molar-refractivity contribution in [3.05, 3.63) is 431 Å². The molecule has 0 atom stereocenters. The van der Waals surface area contributed by atoms with Crippen LogP contribution in [0.3, 0.4) is 0 Å². The van der Waals surface area contributed by atoms with E-state index in [0.717, 1.165) is 232 Å². The van der Waals surface area contributed by atoms with Gasteiger partial charge < -0.3 is 18.1 Å². The summed E-state index contributed by atoms with van der Waals surface area (Å²) >= 11 is 1.86. The van der Waals surface area contributed by atoms with Crippen LogP contribution in [0.2, 0.25) is 0 Å². The van der Waals surface area contributed by atoms with E-state index in [2.05, 4.69) is 454 Å². The predicted octanol–water partition coefficient (Wildman–Crippen LogP) is 33.6. The maximum atomic E-state index is 7.47. The fraction of sp³-hybridized carbons (Fsp3) is 0. The number of hydrogen-bond donors (Lipinski definition) is 0. The van der Waals surface area contributed by atoms with Gasteiger partial charge in [0.25, 0.3) is 0 Å². The van der Waals surface area contributed by atoms with Crippen LogP contribution in [0.15, 0.2) is 435 Å². The number of aromatic nitrogens is 9. The summed E-state index contributed by atoms with van der Waals surface area (Å²) in [5.41, 5.74) is 31.8. The van der Waals surface area contributed by atoms with Crippen molar-refractivity contribution in [1.82, 2.24) is 42.8 Å². The molecule has 10 aliphatic rings. The van der Waals surface area contributed by atoms with Crippen molar-refractivity contribution in [3.63, 3.8) is 0 Å². The van der Waals surface area contributed by atoms with Gasteiger partial charge in [-0.25, -0.2) is 19.9 Å². The Balaban J connectivity index is 0.662. The summed E-state index contributed by atoms with van der Waals surface area (Å²) in [5, 5.41) is 22.1. The maximum Gasteiger partial charge on any atom is 0.235 e. The number of para-hydroxylation sites is 6. The van der Waals surface area contributed by atoms with Gasteiger partial charge in [0.1, 0.15) is 11.2 Å². The third kappa shape index (κ3) is 10.7. The van der Waals surface area contributed by atoms with Crippen molar-refractivity contribution in [2.45, 2.75) is 0 Å². The van der Waals surface area contributed by atoms with Gasteiger partial charge in [-0.2, -0.15) is 0 Å². The van der Waals surface area contributed by atoms with Crippen molar-refractivity contribution in [3.8, 4) is 107 Å². The van der Waals surface area contributed by atoms with Crippen LogP contribution in [-0.4, -0.2) is 42.8 Å². The molecule has 0 saturated heterocycles. The quantitative estimate of drug-likeness (QED) is 0.172. The van der Waals surface area contributed by atoms with Crippen LogP contribution < -0.4 is 0 Å². The Labute approximate surface area is 785 Å². The number of benzene rings is 21. The average Bonchev–Trinajstić information content (AvgIpc) is 1.52. The molecular weight excluding hydrogens is 1690 g/mol. The Morgan fingerprint density at radius 1 is 0.197 bits per heavy atom. The van der Waals surface area contributed by atoms with Gasteiger partial charge in [-0.3, -0.25) is 9.13 Å². The lowest BCUT2D eigenvalue weighted by molar-refractivity contribution is 0.673. The summed E-state index contributed by atoms with van der Waals surface area (Å²) in [7, 11) is 0. The standard InChI is InChI=1S/C126H71N9OS/c1-3-24-73(25-4-1)119-101-70-76-51-59-103(101)128-125(129-119)134-106-45-18-12-37-92(106)115-117-94-38-13-19-46-112(94)136-123(117)114-86(40-23-41-96(114)122(115)134)81-50-58-93-111(71-81)135(121-89-34-7-8-35-90(89)124-118(116(93)121)95-39-14-20-47-113(95)137-124)126-127-102-42-15-9-36-91(102)120(130-126)82-28-21-26-74(64-82)75-27-22-31-85(65-75)133-105-44-17-11-33-88(105)98-67-78(53-61-108(98)133)80-55-63-110-100(69-80)99-68-79(54-62-109(99)131(110)83-29-5-2-6-30-83)77-52-60-107-97(66-77)87-32-10-16-43-104(87)132(107)84-56-48-72(76)49-57-84/h1-71H. The summed E-state index contributed by atoms with van der Waals surface area (Å²) in [6.07, 6.45) is 0. The van der Waals surface area contributed by atoms with Crippen molar-refractivity contribution in [2.24, 2.45) is 0 Å². The second-order valence-corrected chi connectivity index (χ2v) is 37.6. The van der Waals surface area contributed by atoms with Crippen molar-refractivity contribution >= 4 is 206 Å². The third-order valence-electron chi connectivity index (χ3n) is 29.4. The van der Waals surface area contributed by atoms with E-state index in [9.17, 15) is 0 Å². The molecule has 30 bridgehead atoms. The highest BCUT2D eigenvalue weighted by atomic mass is 32.1. The Kier molecular flexibility index (Phi) is 15.3. The zero-order chi connectivity index (χ0) is 89.1. The maximum absolute atomic E-state index is 7.47. The molecule has 0 N–H and O–H groups in total. The first-order valence-electron chi connectivity index (χ1n) is 46.7. The molecule has 632 valence electrons. The van der Waals surface area contributed by atoms with Gasteiger partial charge in [0.2, 0.25) is 11.9 Å². The van der Waals surface area contributed by atoms with Gasteiger partial charge in [-0.05, 0) is 201 Å². The van der Waals surface area contributed by atoms with Crippen LogP contribution in [0.1, 0.15) is 0 Å². The van der Waals surface area contributed by atoms with Crippen molar-refractivity contribution < 1.29 is 4.42 Å². The molecule has 0 amide bonds. The molecule has 21 aromatic carbocycles. The zero-order valence-electron chi connectivity index (χ0n) is 73.3. The molecule has 0 saturated carbocycles. The SMILES string of the molecule is c1ccc(-c2nc3nc4ccc(cc24)-c2ccc(cc2)-n2c4ccccc4c4cc(ccc42)-c2ccc4c(c2)c2cc(ccc2n4-c2ccccc2)-c2ccc4c(c2)c2ccccc2n4-c2cccc(c2)-c2cccc(c2)-c2nc(nc4ccccc24)-n2c4cc(ccc4c4c5c6ccccc6sc5c5ccccc5c42)-c2cccc4c2c2oc5ccccc5c2c2c5ccccc5n-3c42)cc1. The molecule has 0 fully saturated rings. The van der Waals surface area contributed by atoms with E-state index in [-0.39, 0.29) is 0 Å². The van der Waals surface area contributed by atoms with E-state index in [0.29, 0.717) is 11.9 Å². The molecule has 19 heterocycles. The normalized spacial score (nSPS) is 12.4. The number of hydrogen-bond acceptors (Lipinski definition) is 6. The Hall–Kier alpha value is -18.2. The highest BCUT2D eigenvalue weighted by Crippen LogP contribution is 2.54. The lowest BCUT2D eigenvalue weighted by atomic mass is 9.93. The Morgan fingerprint density at radius 3 is 1.31 bits per heavy atom. The van der Waals surface area contributed by atoms with Gasteiger partial charge in [0.05, 0.1) is 77.6 Å². The number of rotatable bonds is 2. The van der Waals surface area contributed by atoms with E-state index in [1.165, 1.54) is 57.9 Å². The van der Waals surface area contributed by atoms with Crippen LogP contribution in [-0.2, 0) is 0 Å². The van der Waals surface area contributed by atoms with E-state index in [4.69, 9.17) is 24.4 Å². The predicted molar refractivity (Wildman–Crippen MR) is 571 cm³/mol. The second-order valence-electron chi connectivity index (χ2n) is 36.6. The van der Waals surface area contributed by atoms with Crippen molar-refractivity contribution in [1.29, 1.82) is 0 Å². The van der Waals surface area contributed by atoms with E-state index >= 15 is 0 Å². The summed E-state index contributed by atoms with van der Waals surface area (Å²) in [6, 6.07) is 159. The van der Waals surface area contributed by atoms with Gasteiger partial charge in [0, 0.05) is 145 Å². The molecule has 30 aromatic rings. The summed E-state index contributed by atoms with van der Waals surface area (Å²) in [6.45, 7) is 0. The molecule has 10 aliphatic heterocycles. The van der Waals surface area contributed by atoms with Crippen LogP contribution >= 0.6 is 11.3 Å². The minimum absolute atomic E-state index is 0.558. The van der Waals surface area contributed by atoms with Crippen molar-refractivity contribution in [2.75, 3.05) is 0 Å². The summed E-state index contributed by atoms with van der Waals surface area (Å²) in [4.78, 5) is 23.5. The molecule has 40 rings (SSSR count). The van der Waals surface area contributed by atoms with Crippen LogP contribution in [0.5, 0.6) is 0 Å². The molecule has 9 aromatic heterocycles. The molecule has 137 heavy (non-hydrogen) atoms. The number of fused-ring (bicyclic) bond motifs is 18. The van der Waals surface area contributed by atoms with Crippen LogP contribution in [0, 0.1) is 0 Å². The number of thiophene rings is 1. The molecule has 10 nitrogen and oxygen atoms in total. The van der Waals surface area contributed by atoms with E-state index in [1.54, 1.807) is 0 Å². The zero-order valence-corrected chi connectivity index (χ0v) is 74.1. The van der Waals surface area contributed by atoms with Gasteiger partial charge in [-0.1, -0.05) is 285 Å². The minimum Gasteiger partial charge on any atom is -0.455 e. The second kappa shape index (κ2) is 28.2. The Bertz CT molecular complexity index is 10600. The van der Waals surface area contributed by atoms with Crippen LogP contribution in [0.4, 0.5) is 0 Å². The monoisotopic (exact) mass is 1760 g/mol. The highest BCUT2D eigenvalue weighted by molar-refractivity contribution is 7.27. The first kappa shape index (κ1) is 74.5. The van der Waals surface area contributed by atoms with Gasteiger partial charge >= 0.3 is 0 Å². The molecular formula is C126H71N9OS. The largest absolute Gasteiger partial charge is 0.455 e. The number of nitrogens with zero attached hydrogens (tertiary/aromatic N) is 9. The molecule has 0 unspecified atom stereocenters. The van der Waals surface area contributed by atoms with Crippen LogP contribution in [0.25, 0.3) is 302 Å². The third-order valence-corrected chi connectivity index (χ3v) is 30.6.